The van der Waals surface area contributed by atoms with Gasteiger partial charge in [-0.2, -0.15) is 0 Å². The van der Waals surface area contributed by atoms with Gasteiger partial charge in [0, 0.05) is 11.9 Å². The molecule has 0 aliphatic heterocycles. The van der Waals surface area contributed by atoms with Crippen LogP contribution in [0.2, 0.25) is 0 Å². The van der Waals surface area contributed by atoms with Crippen LogP contribution in [0.15, 0.2) is 48.7 Å². The topological polar surface area (TPSA) is 69.9 Å². The molecule has 6 heteroatoms. The number of esters is 2. The van der Waals surface area contributed by atoms with Crippen molar-refractivity contribution in [1.29, 1.82) is 0 Å². The highest BCUT2D eigenvalue weighted by molar-refractivity contribution is 5.89. The average Bonchev–Trinajstić information content (AvgIpc) is 3.05. The van der Waals surface area contributed by atoms with Crippen LogP contribution in [0, 0.1) is 6.92 Å². The van der Waals surface area contributed by atoms with E-state index in [1.54, 1.807) is 30.5 Å². The van der Waals surface area contributed by atoms with E-state index in [0.717, 1.165) is 11.3 Å². The van der Waals surface area contributed by atoms with E-state index < -0.39 is 11.9 Å². The molecule has 0 unspecified atom stereocenters. The van der Waals surface area contributed by atoms with E-state index in [0.29, 0.717) is 11.2 Å². The number of nitrogens with zero attached hydrogens (tertiary/aromatic N) is 2. The Morgan fingerprint density at radius 1 is 1.08 bits per heavy atom. The summed E-state index contributed by atoms with van der Waals surface area (Å²) in [4.78, 5) is 27.8. The first kappa shape index (κ1) is 15.7. The van der Waals surface area contributed by atoms with Gasteiger partial charge < -0.3 is 13.9 Å². The molecule has 0 N–H and O–H groups in total. The third kappa shape index (κ3) is 3.12. The number of rotatable bonds is 4. The average molecular weight is 324 g/mol. The summed E-state index contributed by atoms with van der Waals surface area (Å²) >= 11 is 0. The van der Waals surface area contributed by atoms with E-state index in [9.17, 15) is 9.59 Å². The maximum atomic E-state index is 12.1. The van der Waals surface area contributed by atoms with Crippen molar-refractivity contribution in [3.05, 3.63) is 71.2 Å². The normalized spacial score (nSPS) is 10.6. The third-order valence-corrected chi connectivity index (χ3v) is 3.65. The van der Waals surface area contributed by atoms with Gasteiger partial charge in [-0.3, -0.25) is 0 Å². The van der Waals surface area contributed by atoms with Crippen molar-refractivity contribution >= 4 is 17.6 Å². The zero-order valence-corrected chi connectivity index (χ0v) is 13.4. The molecular formula is C18H16N2O4. The van der Waals surface area contributed by atoms with Gasteiger partial charge in [0.05, 0.1) is 12.7 Å². The summed E-state index contributed by atoms with van der Waals surface area (Å²) in [6.45, 7) is 2.04. The third-order valence-electron chi connectivity index (χ3n) is 3.65. The molecule has 0 radical (unpaired) electrons. The van der Waals surface area contributed by atoms with Crippen molar-refractivity contribution in [3.63, 3.8) is 0 Å². The van der Waals surface area contributed by atoms with Crippen molar-refractivity contribution in [1.82, 2.24) is 9.38 Å². The molecule has 0 amide bonds. The first-order valence-electron chi connectivity index (χ1n) is 7.37. The Morgan fingerprint density at radius 2 is 1.83 bits per heavy atom. The summed E-state index contributed by atoms with van der Waals surface area (Å²) in [5.74, 6) is -0.895. The van der Waals surface area contributed by atoms with Crippen molar-refractivity contribution < 1.29 is 19.1 Å². The van der Waals surface area contributed by atoms with Gasteiger partial charge in [0.25, 0.3) is 0 Å². The molecule has 3 aromatic rings. The zero-order valence-electron chi connectivity index (χ0n) is 13.4. The quantitative estimate of drug-likeness (QED) is 0.690. The highest BCUT2D eigenvalue weighted by Crippen LogP contribution is 2.11. The van der Waals surface area contributed by atoms with Gasteiger partial charge in [-0.15, -0.1) is 0 Å². The molecule has 0 saturated heterocycles. The number of pyridine rings is 1. The van der Waals surface area contributed by atoms with Crippen LogP contribution in [0.4, 0.5) is 0 Å². The summed E-state index contributed by atoms with van der Waals surface area (Å²) in [6.07, 6.45) is 1.66. The van der Waals surface area contributed by atoms with E-state index >= 15 is 0 Å². The van der Waals surface area contributed by atoms with Crippen LogP contribution >= 0.6 is 0 Å². The minimum absolute atomic E-state index is 0.104. The number of hydrogen-bond donors (Lipinski definition) is 0. The Labute approximate surface area is 138 Å². The molecule has 3 rings (SSSR count). The van der Waals surface area contributed by atoms with Gasteiger partial charge in [0.1, 0.15) is 12.3 Å². The van der Waals surface area contributed by atoms with Crippen LogP contribution < -0.4 is 0 Å². The first-order valence-corrected chi connectivity index (χ1v) is 7.37. The molecule has 6 nitrogen and oxygen atoms in total. The van der Waals surface area contributed by atoms with Crippen molar-refractivity contribution in [2.24, 2.45) is 0 Å². The molecule has 1 aromatic carbocycles. The number of methoxy groups -OCH3 is 1. The molecule has 122 valence electrons. The fourth-order valence-electron chi connectivity index (χ4n) is 2.32. The number of carbonyl (C=O) groups is 2. The molecule has 0 fully saturated rings. The van der Waals surface area contributed by atoms with Crippen molar-refractivity contribution in [2.45, 2.75) is 13.5 Å². The number of hydrogen-bond acceptors (Lipinski definition) is 5. The van der Waals surface area contributed by atoms with Crippen LogP contribution in [0.3, 0.4) is 0 Å². The number of aryl methyl sites for hydroxylation is 1. The Kier molecular flexibility index (Phi) is 4.29. The van der Waals surface area contributed by atoms with Crippen LogP contribution in [0.25, 0.3) is 5.65 Å². The van der Waals surface area contributed by atoms with Crippen LogP contribution in [-0.4, -0.2) is 28.4 Å². The number of fused-ring (bicyclic) bond motifs is 1. The molecular weight excluding hydrogens is 308 g/mol. The van der Waals surface area contributed by atoms with Gasteiger partial charge in [-0.25, -0.2) is 14.6 Å². The summed E-state index contributed by atoms with van der Waals surface area (Å²) in [7, 11) is 1.33. The summed E-state index contributed by atoms with van der Waals surface area (Å²) in [5.41, 5.74) is 3.16. The van der Waals surface area contributed by atoms with E-state index in [4.69, 9.17) is 4.74 Å². The minimum atomic E-state index is -0.491. The molecule has 2 heterocycles. The van der Waals surface area contributed by atoms with Crippen LogP contribution in [0.5, 0.6) is 0 Å². The lowest BCUT2D eigenvalue weighted by Gasteiger charge is -2.04. The Morgan fingerprint density at radius 3 is 2.50 bits per heavy atom. The van der Waals surface area contributed by atoms with Crippen LogP contribution in [-0.2, 0) is 16.1 Å². The van der Waals surface area contributed by atoms with Gasteiger partial charge in [0.15, 0.2) is 5.69 Å². The lowest BCUT2D eigenvalue weighted by molar-refractivity contribution is 0.0465. The minimum Gasteiger partial charge on any atom is -0.465 e. The highest BCUT2D eigenvalue weighted by Gasteiger charge is 2.13. The fraction of sp³-hybridized carbons (Fsp3) is 0.167. The van der Waals surface area contributed by atoms with Crippen molar-refractivity contribution in [3.8, 4) is 0 Å². The largest absolute Gasteiger partial charge is 0.465 e. The molecule has 0 aliphatic rings. The SMILES string of the molecule is COC(=O)c1ccc(COC(=O)c2cn3c(C)cccc3n2)cc1. The van der Waals surface area contributed by atoms with E-state index in [1.807, 2.05) is 29.5 Å². The fourth-order valence-corrected chi connectivity index (χ4v) is 2.32. The zero-order chi connectivity index (χ0) is 17.1. The Bertz CT molecular complexity index is 897. The lowest BCUT2D eigenvalue weighted by atomic mass is 10.1. The Balaban J connectivity index is 1.68. The summed E-state index contributed by atoms with van der Waals surface area (Å²) in [6, 6.07) is 12.3. The second-order valence-corrected chi connectivity index (χ2v) is 5.29. The van der Waals surface area contributed by atoms with Gasteiger partial charge in [-0.05, 0) is 36.8 Å². The molecule has 0 atom stereocenters. The molecule has 0 saturated carbocycles. The van der Waals surface area contributed by atoms with Gasteiger partial charge >= 0.3 is 11.9 Å². The predicted molar refractivity (Wildman–Crippen MR) is 86.8 cm³/mol. The second-order valence-electron chi connectivity index (χ2n) is 5.29. The maximum absolute atomic E-state index is 12.1. The number of carbonyl (C=O) groups excluding carboxylic acids is 2. The predicted octanol–water partition coefficient (Wildman–Crippen LogP) is 2.79. The molecule has 0 aliphatic carbocycles. The van der Waals surface area contributed by atoms with E-state index in [-0.39, 0.29) is 12.3 Å². The number of ether oxygens (including phenoxy) is 2. The van der Waals surface area contributed by atoms with E-state index in [1.165, 1.54) is 7.11 Å². The Hall–Kier alpha value is -3.15. The van der Waals surface area contributed by atoms with Gasteiger partial charge in [0.2, 0.25) is 0 Å². The molecule has 0 spiro atoms. The number of benzene rings is 1. The number of aromatic nitrogens is 2. The van der Waals surface area contributed by atoms with Crippen molar-refractivity contribution in [2.75, 3.05) is 7.11 Å². The summed E-state index contributed by atoms with van der Waals surface area (Å²) < 4.78 is 11.8. The maximum Gasteiger partial charge on any atom is 0.358 e. The smallest absolute Gasteiger partial charge is 0.358 e. The lowest BCUT2D eigenvalue weighted by Crippen LogP contribution is -2.06. The highest BCUT2D eigenvalue weighted by atomic mass is 16.5. The molecule has 24 heavy (non-hydrogen) atoms. The second kappa shape index (κ2) is 6.54. The first-order chi connectivity index (χ1) is 11.6. The van der Waals surface area contributed by atoms with Crippen LogP contribution in [0.1, 0.15) is 32.1 Å². The molecule has 2 aromatic heterocycles. The molecule has 0 bridgehead atoms. The summed E-state index contributed by atoms with van der Waals surface area (Å²) in [5, 5.41) is 0. The standard InChI is InChI=1S/C18H16N2O4/c1-12-4-3-5-16-19-15(10-20(12)16)18(22)24-11-13-6-8-14(9-7-13)17(21)23-2/h3-10H,11H2,1-2H3. The van der Waals surface area contributed by atoms with E-state index in [2.05, 4.69) is 9.72 Å². The number of imidazole rings is 1. The monoisotopic (exact) mass is 324 g/mol. The van der Waals surface area contributed by atoms with Gasteiger partial charge in [-0.1, -0.05) is 18.2 Å².